The molecule has 0 amide bonds. The fourth-order valence-corrected chi connectivity index (χ4v) is 2.00. The Hall–Kier alpha value is -2.01. The van der Waals surface area contributed by atoms with Gasteiger partial charge in [0.1, 0.15) is 0 Å². The van der Waals surface area contributed by atoms with E-state index in [1.165, 1.54) is 10.8 Å². The maximum atomic E-state index is 4.58. The highest BCUT2D eigenvalue weighted by Gasteiger charge is 1.97. The molecule has 1 aromatic heterocycles. The average Bonchev–Trinajstić information content (AvgIpc) is 2.55. The third-order valence-electron chi connectivity index (χ3n) is 2.98. The average molecular weight is 269 g/mol. The van der Waals surface area contributed by atoms with Crippen molar-refractivity contribution in [2.24, 2.45) is 0 Å². The lowest BCUT2D eigenvalue weighted by atomic mass is 10.1. The number of aromatic nitrogens is 1. The van der Waals surface area contributed by atoms with Crippen molar-refractivity contribution in [3.63, 3.8) is 0 Å². The van der Waals surface area contributed by atoms with Crippen LogP contribution in [0.2, 0.25) is 0 Å². The maximum absolute atomic E-state index is 4.58. The van der Waals surface area contributed by atoms with Gasteiger partial charge in [-0.2, -0.15) is 0 Å². The van der Waals surface area contributed by atoms with Crippen molar-refractivity contribution >= 4 is 21.8 Å². The summed E-state index contributed by atoms with van der Waals surface area (Å²) in [5, 5.41) is 6.47. The van der Waals surface area contributed by atoms with E-state index in [1.54, 1.807) is 0 Å². The summed E-state index contributed by atoms with van der Waals surface area (Å²) in [7, 11) is 0. The van der Waals surface area contributed by atoms with Crippen molar-refractivity contribution in [1.82, 2.24) is 4.98 Å². The number of benzene rings is 2. The van der Waals surface area contributed by atoms with Gasteiger partial charge in [0.15, 0.2) is 0 Å². The van der Waals surface area contributed by atoms with Crippen LogP contribution in [0.3, 0.4) is 0 Å². The summed E-state index contributed by atoms with van der Waals surface area (Å²) in [6.45, 7) is 1.31. The molecule has 0 unspecified atom stereocenters. The van der Waals surface area contributed by atoms with Crippen molar-refractivity contribution in [3.05, 3.63) is 54.6 Å². The molecule has 0 bridgehead atoms. The first-order chi connectivity index (χ1) is 9.93. The van der Waals surface area contributed by atoms with E-state index in [1.807, 2.05) is 36.4 Å². The number of pyridine rings is 1. The fraction of sp³-hybridized carbons (Fsp3) is 0.188. The second-order valence-corrected chi connectivity index (χ2v) is 4.44. The SMILES string of the molecule is C1COOOC1.c1ccc2nc3ccccc3cc2c1. The number of para-hydroxylation sites is 2. The van der Waals surface area contributed by atoms with Crippen LogP contribution in [0.15, 0.2) is 54.6 Å². The van der Waals surface area contributed by atoms with E-state index < -0.39 is 0 Å². The highest BCUT2D eigenvalue weighted by Crippen LogP contribution is 2.18. The first kappa shape index (κ1) is 13.0. The van der Waals surface area contributed by atoms with Crippen LogP contribution in [0.25, 0.3) is 21.8 Å². The van der Waals surface area contributed by atoms with Crippen molar-refractivity contribution in [2.75, 3.05) is 13.2 Å². The Morgan fingerprint density at radius 2 is 1.30 bits per heavy atom. The van der Waals surface area contributed by atoms with Crippen molar-refractivity contribution in [3.8, 4) is 0 Å². The van der Waals surface area contributed by atoms with E-state index in [0.29, 0.717) is 13.2 Å². The lowest BCUT2D eigenvalue weighted by Crippen LogP contribution is -2.08. The molecule has 3 aromatic rings. The van der Waals surface area contributed by atoms with Gasteiger partial charge in [-0.25, -0.2) is 14.8 Å². The Labute approximate surface area is 116 Å². The molecular formula is C16H15NO3. The van der Waals surface area contributed by atoms with E-state index in [-0.39, 0.29) is 0 Å². The standard InChI is InChI=1S/C13H9N.C3H6O3/c1-3-7-12-10(5-1)9-11-6-2-4-8-13(11)14-12;1-2-4-6-5-3-1/h1-9H;1-3H2. The van der Waals surface area contributed by atoms with Crippen LogP contribution < -0.4 is 0 Å². The second kappa shape index (κ2) is 6.43. The van der Waals surface area contributed by atoms with Crippen LogP contribution in [0, 0.1) is 0 Å². The molecule has 4 nitrogen and oxygen atoms in total. The van der Waals surface area contributed by atoms with Crippen LogP contribution in [-0.2, 0) is 14.8 Å². The molecule has 0 N–H and O–H groups in total. The monoisotopic (exact) mass is 269 g/mol. The van der Waals surface area contributed by atoms with E-state index in [4.69, 9.17) is 0 Å². The highest BCUT2D eigenvalue weighted by molar-refractivity contribution is 5.92. The Bertz CT molecular complexity index is 579. The van der Waals surface area contributed by atoms with Gasteiger partial charge >= 0.3 is 0 Å². The number of nitrogens with zero attached hydrogens (tertiary/aromatic N) is 1. The highest BCUT2D eigenvalue weighted by atomic mass is 17.5. The van der Waals surface area contributed by atoms with Gasteiger partial charge < -0.3 is 0 Å². The minimum absolute atomic E-state index is 0.653. The summed E-state index contributed by atoms with van der Waals surface area (Å²) in [4.78, 5) is 13.3. The Kier molecular flexibility index (Phi) is 4.18. The van der Waals surface area contributed by atoms with Crippen LogP contribution in [-0.4, -0.2) is 18.2 Å². The van der Waals surface area contributed by atoms with Gasteiger partial charge in [0.2, 0.25) is 0 Å². The van der Waals surface area contributed by atoms with Crippen LogP contribution in [0.4, 0.5) is 0 Å². The van der Waals surface area contributed by atoms with Crippen molar-refractivity contribution in [2.45, 2.75) is 6.42 Å². The molecule has 102 valence electrons. The van der Waals surface area contributed by atoms with Gasteiger partial charge in [-0.15, -0.1) is 0 Å². The topological polar surface area (TPSA) is 40.6 Å². The summed E-state index contributed by atoms with van der Waals surface area (Å²) in [6, 6.07) is 18.6. The molecule has 1 aliphatic rings. The molecule has 1 saturated heterocycles. The number of fused-ring (bicyclic) bond motifs is 2. The Morgan fingerprint density at radius 3 is 1.75 bits per heavy atom. The zero-order valence-corrected chi connectivity index (χ0v) is 11.0. The van der Waals surface area contributed by atoms with Crippen molar-refractivity contribution in [1.29, 1.82) is 0 Å². The summed E-state index contributed by atoms with van der Waals surface area (Å²) >= 11 is 0. The summed E-state index contributed by atoms with van der Waals surface area (Å²) in [6.07, 6.45) is 0.931. The largest absolute Gasteiger partial charge is 0.248 e. The molecule has 1 aliphatic heterocycles. The zero-order valence-electron chi connectivity index (χ0n) is 11.0. The quantitative estimate of drug-likeness (QED) is 0.461. The number of hydrogen-bond acceptors (Lipinski definition) is 4. The van der Waals surface area contributed by atoms with E-state index in [9.17, 15) is 0 Å². The molecule has 2 heterocycles. The van der Waals surface area contributed by atoms with E-state index >= 15 is 0 Å². The van der Waals surface area contributed by atoms with Crippen LogP contribution >= 0.6 is 0 Å². The number of rotatable bonds is 0. The molecule has 0 saturated carbocycles. The molecule has 0 spiro atoms. The fourth-order valence-electron chi connectivity index (χ4n) is 2.00. The first-order valence-corrected chi connectivity index (χ1v) is 6.59. The summed E-state index contributed by atoms with van der Waals surface area (Å²) < 4.78 is 0. The molecular weight excluding hydrogens is 254 g/mol. The van der Waals surface area contributed by atoms with E-state index in [0.717, 1.165) is 17.5 Å². The zero-order chi connectivity index (χ0) is 13.6. The minimum Gasteiger partial charge on any atom is -0.248 e. The Morgan fingerprint density at radius 1 is 0.750 bits per heavy atom. The van der Waals surface area contributed by atoms with Crippen molar-refractivity contribution < 1.29 is 14.8 Å². The lowest BCUT2D eigenvalue weighted by Gasteiger charge is -2.06. The van der Waals surface area contributed by atoms with Crippen LogP contribution in [0.5, 0.6) is 0 Å². The van der Waals surface area contributed by atoms with Gasteiger partial charge in [0.05, 0.1) is 24.2 Å². The predicted molar refractivity (Wildman–Crippen MR) is 76.9 cm³/mol. The molecule has 0 radical (unpaired) electrons. The van der Waals surface area contributed by atoms with Gasteiger partial charge in [-0.1, -0.05) is 41.4 Å². The third kappa shape index (κ3) is 3.11. The summed E-state index contributed by atoms with van der Waals surface area (Å²) in [5.74, 6) is 0. The smallest absolute Gasteiger partial charge is 0.0877 e. The lowest BCUT2D eigenvalue weighted by molar-refractivity contribution is -0.532. The van der Waals surface area contributed by atoms with Gasteiger partial charge in [0, 0.05) is 17.2 Å². The van der Waals surface area contributed by atoms with Crippen LogP contribution in [0.1, 0.15) is 6.42 Å². The summed E-state index contributed by atoms with van der Waals surface area (Å²) in [5.41, 5.74) is 2.12. The molecule has 2 aromatic carbocycles. The normalized spacial score (nSPS) is 14.8. The Balaban J connectivity index is 0.000000170. The third-order valence-corrected chi connectivity index (χ3v) is 2.98. The van der Waals surface area contributed by atoms with Gasteiger partial charge in [0.25, 0.3) is 0 Å². The van der Waals surface area contributed by atoms with Gasteiger partial charge in [-0.3, -0.25) is 0 Å². The second-order valence-electron chi connectivity index (χ2n) is 4.44. The first-order valence-electron chi connectivity index (χ1n) is 6.59. The molecule has 4 rings (SSSR count). The molecule has 20 heavy (non-hydrogen) atoms. The molecule has 0 atom stereocenters. The molecule has 4 heteroatoms. The number of hydrogen-bond donors (Lipinski definition) is 0. The predicted octanol–water partition coefficient (Wildman–Crippen LogP) is 3.66. The van der Waals surface area contributed by atoms with E-state index in [2.05, 4.69) is 38.0 Å². The molecule has 0 aliphatic carbocycles. The van der Waals surface area contributed by atoms with Gasteiger partial charge in [-0.05, 0) is 18.2 Å². The molecule has 1 fully saturated rings. The maximum Gasteiger partial charge on any atom is 0.0877 e. The minimum atomic E-state index is 0.653.